The van der Waals surface area contributed by atoms with E-state index < -0.39 is 23.9 Å². The van der Waals surface area contributed by atoms with Crippen LogP contribution in [-0.2, 0) is 19.2 Å². The molecular formula is C14H20N2O8. The van der Waals surface area contributed by atoms with Crippen molar-refractivity contribution >= 4 is 23.9 Å². The summed E-state index contributed by atoms with van der Waals surface area (Å²) < 4.78 is 0. The van der Waals surface area contributed by atoms with Gasteiger partial charge in [-0.1, -0.05) is 30.3 Å². The molecule has 0 saturated heterocycles. The topological polar surface area (TPSA) is 178 Å². The molecule has 0 spiro atoms. The molecule has 1 atom stereocenters. The molecule has 1 rings (SSSR count). The highest BCUT2D eigenvalue weighted by Gasteiger charge is 2.05. The molecule has 0 amide bonds. The van der Waals surface area contributed by atoms with Gasteiger partial charge in [0.25, 0.3) is 0 Å². The third kappa shape index (κ3) is 14.0. The predicted octanol–water partition coefficient (Wildman–Crippen LogP) is -0.441. The summed E-state index contributed by atoms with van der Waals surface area (Å²) in [6, 6.07) is 10.3. The van der Waals surface area contributed by atoms with Crippen molar-refractivity contribution in [1.82, 2.24) is 4.90 Å². The van der Waals surface area contributed by atoms with Gasteiger partial charge in [0.15, 0.2) is 0 Å². The van der Waals surface area contributed by atoms with E-state index in [1.165, 1.54) is 5.56 Å². The van der Waals surface area contributed by atoms with Gasteiger partial charge in [-0.2, -0.15) is 0 Å². The van der Waals surface area contributed by atoms with Crippen molar-refractivity contribution in [2.24, 2.45) is 5.73 Å². The van der Waals surface area contributed by atoms with Crippen molar-refractivity contribution in [2.75, 3.05) is 20.6 Å². The monoisotopic (exact) mass is 344 g/mol. The van der Waals surface area contributed by atoms with Gasteiger partial charge >= 0.3 is 23.9 Å². The summed E-state index contributed by atoms with van der Waals surface area (Å²) in [6.45, 7) is 0.893. The lowest BCUT2D eigenvalue weighted by Gasteiger charge is -2.16. The highest BCUT2D eigenvalue weighted by atomic mass is 16.4. The maximum Gasteiger partial charge on any atom is 0.414 e. The van der Waals surface area contributed by atoms with Crippen LogP contribution in [0.1, 0.15) is 11.6 Å². The molecule has 0 bridgehead atoms. The largest absolute Gasteiger partial charge is 0.473 e. The molecule has 24 heavy (non-hydrogen) atoms. The van der Waals surface area contributed by atoms with E-state index in [0.717, 1.165) is 6.54 Å². The van der Waals surface area contributed by atoms with Crippen molar-refractivity contribution < 1.29 is 39.6 Å². The second-order valence-corrected chi connectivity index (χ2v) is 4.50. The van der Waals surface area contributed by atoms with Gasteiger partial charge in [0.1, 0.15) is 0 Å². The minimum atomic E-state index is -1.82. The van der Waals surface area contributed by atoms with E-state index in [1.807, 2.05) is 32.3 Å². The molecule has 6 N–H and O–H groups in total. The van der Waals surface area contributed by atoms with Gasteiger partial charge in [0.2, 0.25) is 0 Å². The number of carbonyl (C=O) groups is 4. The standard InChI is InChI=1S/C10H16N2.2C2H2O4/c1-12(2)8-10(11)9-6-4-3-5-7-9;2*3-1(4)2(5)6/h3-7,10H,8,11H2,1-2H3;2*(H,3,4)(H,5,6). The third-order valence-corrected chi connectivity index (χ3v) is 2.16. The van der Waals surface area contributed by atoms with Crippen LogP contribution in [0.5, 0.6) is 0 Å². The lowest BCUT2D eigenvalue weighted by Crippen LogP contribution is -2.25. The molecule has 0 radical (unpaired) electrons. The molecule has 0 aromatic heterocycles. The van der Waals surface area contributed by atoms with Crippen LogP contribution < -0.4 is 5.73 Å². The Morgan fingerprint density at radius 3 is 1.46 bits per heavy atom. The van der Waals surface area contributed by atoms with Gasteiger partial charge in [-0.05, 0) is 19.7 Å². The molecule has 0 fully saturated rings. The quantitative estimate of drug-likeness (QED) is 0.451. The van der Waals surface area contributed by atoms with Crippen LogP contribution in [-0.4, -0.2) is 69.8 Å². The summed E-state index contributed by atoms with van der Waals surface area (Å²) in [6.07, 6.45) is 0. The lowest BCUT2D eigenvalue weighted by atomic mass is 10.1. The highest BCUT2D eigenvalue weighted by molar-refractivity contribution is 6.27. The molecule has 0 aliphatic rings. The number of carboxylic acids is 4. The van der Waals surface area contributed by atoms with Gasteiger partial charge in [-0.25, -0.2) is 19.2 Å². The first-order valence-corrected chi connectivity index (χ1v) is 6.36. The Hall–Kier alpha value is -2.98. The van der Waals surface area contributed by atoms with E-state index in [-0.39, 0.29) is 6.04 Å². The van der Waals surface area contributed by atoms with Crippen LogP contribution in [0.2, 0.25) is 0 Å². The van der Waals surface area contributed by atoms with Crippen LogP contribution in [0.15, 0.2) is 30.3 Å². The van der Waals surface area contributed by atoms with Crippen molar-refractivity contribution in [1.29, 1.82) is 0 Å². The number of aliphatic carboxylic acids is 4. The first-order chi connectivity index (χ1) is 11.0. The van der Waals surface area contributed by atoms with Gasteiger partial charge in [-0.3, -0.25) is 0 Å². The Bertz CT molecular complexity index is 497. The first-order valence-electron chi connectivity index (χ1n) is 6.36. The van der Waals surface area contributed by atoms with E-state index in [2.05, 4.69) is 17.0 Å². The second-order valence-electron chi connectivity index (χ2n) is 4.50. The van der Waals surface area contributed by atoms with Crippen LogP contribution in [0.25, 0.3) is 0 Å². The van der Waals surface area contributed by atoms with Crippen molar-refractivity contribution in [3.63, 3.8) is 0 Å². The number of rotatable bonds is 3. The number of nitrogens with two attached hydrogens (primary N) is 1. The molecule has 0 aliphatic carbocycles. The molecule has 1 aromatic rings. The number of likely N-dealkylation sites (N-methyl/N-ethyl adjacent to an activating group) is 1. The maximum atomic E-state index is 9.10. The predicted molar refractivity (Wildman–Crippen MR) is 82.5 cm³/mol. The molecule has 134 valence electrons. The number of hydrogen-bond donors (Lipinski definition) is 5. The van der Waals surface area contributed by atoms with Crippen molar-refractivity contribution in [3.8, 4) is 0 Å². The zero-order valence-corrected chi connectivity index (χ0v) is 13.1. The Kier molecular flexibility index (Phi) is 12.2. The molecule has 0 aliphatic heterocycles. The molecule has 0 heterocycles. The molecule has 10 heteroatoms. The van der Waals surface area contributed by atoms with E-state index in [0.29, 0.717) is 0 Å². The van der Waals surface area contributed by atoms with E-state index in [4.69, 9.17) is 45.3 Å². The van der Waals surface area contributed by atoms with Crippen LogP contribution in [0.3, 0.4) is 0 Å². The van der Waals surface area contributed by atoms with E-state index in [9.17, 15) is 0 Å². The summed E-state index contributed by atoms with van der Waals surface area (Å²) in [4.78, 5) is 38.5. The lowest BCUT2D eigenvalue weighted by molar-refractivity contribution is -0.159. The fraction of sp³-hybridized carbons (Fsp3) is 0.286. The average Bonchev–Trinajstić information content (AvgIpc) is 2.48. The number of carboxylic acid groups (broad SMARTS) is 4. The molecule has 10 nitrogen and oxygen atoms in total. The van der Waals surface area contributed by atoms with Gasteiger partial charge in [0, 0.05) is 12.6 Å². The fourth-order valence-corrected chi connectivity index (χ4v) is 1.20. The maximum absolute atomic E-state index is 9.10. The van der Waals surface area contributed by atoms with Crippen molar-refractivity contribution in [2.45, 2.75) is 6.04 Å². The summed E-state index contributed by atoms with van der Waals surface area (Å²) in [5.41, 5.74) is 7.15. The summed E-state index contributed by atoms with van der Waals surface area (Å²) in [7, 11) is 4.06. The number of hydrogen-bond acceptors (Lipinski definition) is 6. The average molecular weight is 344 g/mol. The van der Waals surface area contributed by atoms with Crippen LogP contribution in [0, 0.1) is 0 Å². The van der Waals surface area contributed by atoms with Gasteiger partial charge < -0.3 is 31.1 Å². The van der Waals surface area contributed by atoms with Gasteiger partial charge in [-0.15, -0.1) is 0 Å². The van der Waals surface area contributed by atoms with E-state index in [1.54, 1.807) is 0 Å². The number of nitrogens with zero attached hydrogens (tertiary/aromatic N) is 1. The summed E-state index contributed by atoms with van der Waals surface area (Å²) in [5.74, 6) is -7.30. The normalized spacial score (nSPS) is 10.3. The smallest absolute Gasteiger partial charge is 0.414 e. The molecule has 0 saturated carbocycles. The van der Waals surface area contributed by atoms with Crippen molar-refractivity contribution in [3.05, 3.63) is 35.9 Å². The summed E-state index contributed by atoms with van der Waals surface area (Å²) >= 11 is 0. The fourth-order valence-electron chi connectivity index (χ4n) is 1.20. The summed E-state index contributed by atoms with van der Waals surface area (Å²) in [5, 5.41) is 29.6. The van der Waals surface area contributed by atoms with Crippen LogP contribution >= 0.6 is 0 Å². The third-order valence-electron chi connectivity index (χ3n) is 2.16. The minimum Gasteiger partial charge on any atom is -0.473 e. The zero-order valence-electron chi connectivity index (χ0n) is 13.1. The first kappa shape index (κ1) is 23.3. The SMILES string of the molecule is CN(C)CC(N)c1ccccc1.O=C(O)C(=O)O.O=C(O)C(=O)O. The Morgan fingerprint density at radius 1 is 0.875 bits per heavy atom. The molecular weight excluding hydrogens is 324 g/mol. The zero-order chi connectivity index (χ0) is 19.3. The van der Waals surface area contributed by atoms with E-state index >= 15 is 0 Å². The molecule has 1 aromatic carbocycles. The van der Waals surface area contributed by atoms with Crippen LogP contribution in [0.4, 0.5) is 0 Å². The van der Waals surface area contributed by atoms with Gasteiger partial charge in [0.05, 0.1) is 0 Å². The number of benzene rings is 1. The highest BCUT2D eigenvalue weighted by Crippen LogP contribution is 2.09. The minimum absolute atomic E-state index is 0.126. The second kappa shape index (κ2) is 12.6. The molecule has 1 unspecified atom stereocenters. The Morgan fingerprint density at radius 2 is 1.21 bits per heavy atom. The Balaban J connectivity index is 0. The Labute approximate surface area is 137 Å².